The van der Waals surface area contributed by atoms with E-state index in [9.17, 15) is 29.1 Å². The van der Waals surface area contributed by atoms with E-state index in [1.807, 2.05) is 0 Å². The Bertz CT molecular complexity index is 1140. The minimum Gasteiger partial charge on any atom is -0.478 e. The maximum absolute atomic E-state index is 12.2. The van der Waals surface area contributed by atoms with Gasteiger partial charge in [-0.2, -0.15) is 0 Å². The highest BCUT2D eigenvalue weighted by Gasteiger charge is 2.21. The van der Waals surface area contributed by atoms with Crippen LogP contribution in [-0.4, -0.2) is 65.1 Å². The number of nitrogens with one attached hydrogen (secondary N) is 6. The largest absolute Gasteiger partial charge is 0.478 e. The summed E-state index contributed by atoms with van der Waals surface area (Å²) < 4.78 is 0. The molecule has 5 amide bonds. The SMILES string of the molecule is N=C(N)Nc1ccc(C(=O)NC(=O)CNC(=O)[C@H](CO)NC(=O)Nc2cccc(C(=O)O)c2)cc1. The summed E-state index contributed by atoms with van der Waals surface area (Å²) in [6, 6.07) is 8.77. The molecule has 0 aliphatic carbocycles. The number of rotatable bonds is 9. The molecular weight excluding hydrogens is 462 g/mol. The number of imide groups is 1. The molecule has 2 aromatic carbocycles. The number of benzene rings is 2. The number of hydrogen-bond acceptors (Lipinski definition) is 7. The standard InChI is InChI=1S/C21H23N7O7/c22-20(23)25-13-6-4-11(5-7-13)17(31)28-16(30)9-24-18(32)15(10-29)27-21(35)26-14-3-1-2-12(8-14)19(33)34/h1-8,15,29H,9-10H2,(H,24,32)(H,33,34)(H4,22,23,25)(H2,26,27,35)(H,28,30,31)/t15-/m0/s1. The Morgan fingerprint density at radius 1 is 0.943 bits per heavy atom. The summed E-state index contributed by atoms with van der Waals surface area (Å²) in [6.07, 6.45) is 0. The number of carbonyl (C=O) groups is 5. The molecule has 14 heteroatoms. The second-order valence-electron chi connectivity index (χ2n) is 6.93. The fraction of sp³-hybridized carbons (Fsp3) is 0.143. The molecule has 2 rings (SSSR count). The van der Waals surface area contributed by atoms with E-state index >= 15 is 0 Å². The molecule has 0 aromatic heterocycles. The lowest BCUT2D eigenvalue weighted by Gasteiger charge is -2.16. The van der Waals surface area contributed by atoms with Crippen molar-refractivity contribution < 1.29 is 34.2 Å². The van der Waals surface area contributed by atoms with Crippen molar-refractivity contribution >= 4 is 47.1 Å². The predicted molar refractivity (Wildman–Crippen MR) is 124 cm³/mol. The third-order valence-corrected chi connectivity index (χ3v) is 4.27. The molecule has 0 bridgehead atoms. The quantitative estimate of drug-likeness (QED) is 0.160. The van der Waals surface area contributed by atoms with E-state index in [4.69, 9.17) is 16.2 Å². The van der Waals surface area contributed by atoms with Gasteiger partial charge in [-0.15, -0.1) is 0 Å². The Morgan fingerprint density at radius 2 is 1.63 bits per heavy atom. The number of carboxylic acid groups (broad SMARTS) is 1. The number of aliphatic hydroxyl groups excluding tert-OH is 1. The summed E-state index contributed by atoms with van der Waals surface area (Å²) >= 11 is 0. The van der Waals surface area contributed by atoms with E-state index in [-0.39, 0.29) is 22.8 Å². The van der Waals surface area contributed by atoms with Gasteiger partial charge < -0.3 is 37.2 Å². The third kappa shape index (κ3) is 8.47. The van der Waals surface area contributed by atoms with Gasteiger partial charge in [0.2, 0.25) is 11.8 Å². The van der Waals surface area contributed by atoms with Gasteiger partial charge in [-0.1, -0.05) is 6.07 Å². The molecule has 0 radical (unpaired) electrons. The molecule has 0 fully saturated rings. The number of carboxylic acids is 1. The van der Waals surface area contributed by atoms with Crippen molar-refractivity contribution in [1.82, 2.24) is 16.0 Å². The summed E-state index contributed by atoms with van der Waals surface area (Å²) in [6.45, 7) is -1.41. The summed E-state index contributed by atoms with van der Waals surface area (Å²) in [5.74, 6) is -3.96. The molecule has 0 spiro atoms. The van der Waals surface area contributed by atoms with Crippen LogP contribution in [-0.2, 0) is 9.59 Å². The lowest BCUT2D eigenvalue weighted by molar-refractivity contribution is -0.127. The first-order valence-corrected chi connectivity index (χ1v) is 9.93. The van der Waals surface area contributed by atoms with Crippen LogP contribution in [0.15, 0.2) is 48.5 Å². The smallest absolute Gasteiger partial charge is 0.335 e. The Kier molecular flexibility index (Phi) is 9.24. The second kappa shape index (κ2) is 12.3. The molecule has 0 saturated heterocycles. The van der Waals surface area contributed by atoms with E-state index in [1.165, 1.54) is 48.5 Å². The normalized spacial score (nSPS) is 10.9. The first kappa shape index (κ1) is 26.3. The highest BCUT2D eigenvalue weighted by molar-refractivity contribution is 6.06. The average Bonchev–Trinajstić information content (AvgIpc) is 2.81. The van der Waals surface area contributed by atoms with E-state index in [0.29, 0.717) is 5.69 Å². The van der Waals surface area contributed by atoms with Crippen LogP contribution >= 0.6 is 0 Å². The summed E-state index contributed by atoms with van der Waals surface area (Å²) in [4.78, 5) is 59.4. The zero-order valence-corrected chi connectivity index (χ0v) is 18.1. The molecule has 0 heterocycles. The number of hydrogen-bond donors (Lipinski definition) is 9. The van der Waals surface area contributed by atoms with Gasteiger partial charge in [-0.05, 0) is 42.5 Å². The van der Waals surface area contributed by atoms with Crippen LogP contribution in [0.25, 0.3) is 0 Å². The Labute approximate surface area is 198 Å². The van der Waals surface area contributed by atoms with Crippen molar-refractivity contribution in [3.63, 3.8) is 0 Å². The molecule has 35 heavy (non-hydrogen) atoms. The molecule has 1 atom stereocenters. The Balaban J connectivity index is 1.83. The minimum absolute atomic E-state index is 0.0662. The number of nitrogens with two attached hydrogens (primary N) is 1. The van der Waals surface area contributed by atoms with Gasteiger partial charge >= 0.3 is 12.0 Å². The van der Waals surface area contributed by atoms with Crippen LogP contribution in [0.2, 0.25) is 0 Å². The minimum atomic E-state index is -1.43. The van der Waals surface area contributed by atoms with Crippen LogP contribution in [0.3, 0.4) is 0 Å². The molecule has 0 saturated carbocycles. The summed E-state index contributed by atoms with van der Waals surface area (Å²) in [5.41, 5.74) is 5.88. The van der Waals surface area contributed by atoms with E-state index in [0.717, 1.165) is 0 Å². The Morgan fingerprint density at radius 3 is 2.23 bits per heavy atom. The number of carbonyl (C=O) groups excluding carboxylic acids is 4. The van der Waals surface area contributed by atoms with Gasteiger partial charge in [0.1, 0.15) is 6.04 Å². The van der Waals surface area contributed by atoms with Crippen LogP contribution in [0, 0.1) is 5.41 Å². The first-order valence-electron chi connectivity index (χ1n) is 9.93. The lowest BCUT2D eigenvalue weighted by atomic mass is 10.2. The lowest BCUT2D eigenvalue weighted by Crippen LogP contribution is -2.52. The summed E-state index contributed by atoms with van der Waals surface area (Å²) in [7, 11) is 0. The number of anilines is 2. The zero-order valence-electron chi connectivity index (χ0n) is 18.1. The van der Waals surface area contributed by atoms with Gasteiger partial charge in [0.15, 0.2) is 5.96 Å². The second-order valence-corrected chi connectivity index (χ2v) is 6.93. The maximum Gasteiger partial charge on any atom is 0.335 e. The molecule has 14 nitrogen and oxygen atoms in total. The third-order valence-electron chi connectivity index (χ3n) is 4.27. The monoisotopic (exact) mass is 485 g/mol. The fourth-order valence-electron chi connectivity index (χ4n) is 2.64. The topological polar surface area (TPSA) is 236 Å². The van der Waals surface area contributed by atoms with Crippen molar-refractivity contribution in [2.45, 2.75) is 6.04 Å². The molecule has 10 N–H and O–H groups in total. The van der Waals surface area contributed by atoms with Gasteiger partial charge in [0.25, 0.3) is 5.91 Å². The fourth-order valence-corrected chi connectivity index (χ4v) is 2.64. The number of aliphatic hydroxyl groups is 1. The van der Waals surface area contributed by atoms with Gasteiger partial charge in [-0.3, -0.25) is 25.1 Å². The van der Waals surface area contributed by atoms with Crippen LogP contribution in [0.1, 0.15) is 20.7 Å². The average molecular weight is 485 g/mol. The first-order chi connectivity index (χ1) is 16.6. The van der Waals surface area contributed by atoms with Crippen molar-refractivity contribution in [2.75, 3.05) is 23.8 Å². The highest BCUT2D eigenvalue weighted by Crippen LogP contribution is 2.11. The molecule has 2 aromatic rings. The van der Waals surface area contributed by atoms with Crippen LogP contribution < -0.4 is 32.3 Å². The molecule has 0 unspecified atom stereocenters. The van der Waals surface area contributed by atoms with Crippen molar-refractivity contribution in [1.29, 1.82) is 5.41 Å². The maximum atomic E-state index is 12.2. The van der Waals surface area contributed by atoms with Crippen molar-refractivity contribution in [2.24, 2.45) is 5.73 Å². The molecule has 184 valence electrons. The number of aromatic carboxylic acids is 1. The van der Waals surface area contributed by atoms with Gasteiger partial charge in [-0.25, -0.2) is 9.59 Å². The van der Waals surface area contributed by atoms with Gasteiger partial charge in [0, 0.05) is 16.9 Å². The van der Waals surface area contributed by atoms with E-state index < -0.39 is 48.9 Å². The summed E-state index contributed by atoms with van der Waals surface area (Å²) in [5, 5.41) is 36.8. The number of amides is 5. The molecule has 0 aliphatic rings. The van der Waals surface area contributed by atoms with E-state index in [2.05, 4.69) is 26.6 Å². The zero-order chi connectivity index (χ0) is 26.0. The molecular formula is C21H23N7O7. The van der Waals surface area contributed by atoms with Crippen molar-refractivity contribution in [3.05, 3.63) is 59.7 Å². The number of urea groups is 1. The van der Waals surface area contributed by atoms with Crippen LogP contribution in [0.5, 0.6) is 0 Å². The molecule has 0 aliphatic heterocycles. The Hall–Kier alpha value is -4.98. The highest BCUT2D eigenvalue weighted by atomic mass is 16.4. The van der Waals surface area contributed by atoms with Crippen LogP contribution in [0.4, 0.5) is 16.2 Å². The van der Waals surface area contributed by atoms with Crippen molar-refractivity contribution in [3.8, 4) is 0 Å². The van der Waals surface area contributed by atoms with Gasteiger partial charge in [0.05, 0.1) is 18.7 Å². The number of guanidine groups is 1. The predicted octanol–water partition coefficient (Wildman–Crippen LogP) is -0.755. The van der Waals surface area contributed by atoms with E-state index in [1.54, 1.807) is 0 Å².